The van der Waals surface area contributed by atoms with Gasteiger partial charge in [-0.15, -0.1) is 0 Å². The molecule has 0 amide bonds. The van der Waals surface area contributed by atoms with Gasteiger partial charge in [0.2, 0.25) is 0 Å². The lowest BCUT2D eigenvalue weighted by atomic mass is 10.1. The van der Waals surface area contributed by atoms with Gasteiger partial charge in [0.1, 0.15) is 5.82 Å². The van der Waals surface area contributed by atoms with Crippen molar-refractivity contribution in [3.8, 4) is 22.4 Å². The molecule has 0 bridgehead atoms. The molecule has 0 aliphatic heterocycles. The Morgan fingerprint density at radius 1 is 1.00 bits per heavy atom. The number of H-pyrrole nitrogens is 1. The number of nitrogens with one attached hydrogen (secondary N) is 1. The Morgan fingerprint density at radius 2 is 1.71 bits per heavy atom. The van der Waals surface area contributed by atoms with Gasteiger partial charge in [0.15, 0.2) is 5.65 Å². The summed E-state index contributed by atoms with van der Waals surface area (Å²) in [6.45, 7) is 0. The predicted octanol–water partition coefficient (Wildman–Crippen LogP) is 3.59. The minimum Gasteiger partial charge on any atom is -0.384 e. The van der Waals surface area contributed by atoms with Gasteiger partial charge in [0.05, 0.1) is 11.3 Å². The minimum absolute atomic E-state index is 0.223. The summed E-state index contributed by atoms with van der Waals surface area (Å²) in [4.78, 5) is 17.1. The molecule has 6 heteroatoms. The summed E-state index contributed by atoms with van der Waals surface area (Å²) >= 11 is 5.93. The van der Waals surface area contributed by atoms with E-state index in [1.807, 2.05) is 42.5 Å². The summed E-state index contributed by atoms with van der Waals surface area (Å²) in [5.41, 5.74) is 9.37. The highest BCUT2D eigenvalue weighted by atomic mass is 35.5. The van der Waals surface area contributed by atoms with Gasteiger partial charge in [0.25, 0.3) is 5.56 Å². The van der Waals surface area contributed by atoms with Crippen LogP contribution in [0, 0.1) is 0 Å². The molecule has 4 rings (SSSR count). The molecule has 118 valence electrons. The molecule has 5 nitrogen and oxygen atoms in total. The highest BCUT2D eigenvalue weighted by Crippen LogP contribution is 2.29. The molecule has 4 aromatic rings. The van der Waals surface area contributed by atoms with Crippen LogP contribution in [0.3, 0.4) is 0 Å². The molecule has 0 atom stereocenters. The lowest BCUT2D eigenvalue weighted by Crippen LogP contribution is -2.14. The fraction of sp³-hybridized carbons (Fsp3) is 0. The molecule has 0 aliphatic carbocycles. The summed E-state index contributed by atoms with van der Waals surface area (Å²) < 4.78 is 1.36. The predicted molar refractivity (Wildman–Crippen MR) is 96.1 cm³/mol. The molecule has 0 fully saturated rings. The highest BCUT2D eigenvalue weighted by molar-refractivity contribution is 6.30. The van der Waals surface area contributed by atoms with Gasteiger partial charge in [-0.1, -0.05) is 54.1 Å². The van der Waals surface area contributed by atoms with Crippen LogP contribution in [0.15, 0.2) is 65.5 Å². The maximum atomic E-state index is 12.4. The molecule has 0 unspecified atom stereocenters. The number of nitrogen functional groups attached to an aromatic ring is 1. The van der Waals surface area contributed by atoms with Gasteiger partial charge >= 0.3 is 0 Å². The Bertz CT molecular complexity index is 1080. The number of nitrogens with zero attached hydrogens (tertiary/aromatic N) is 2. The van der Waals surface area contributed by atoms with Crippen LogP contribution in [0.5, 0.6) is 0 Å². The van der Waals surface area contributed by atoms with Crippen molar-refractivity contribution >= 4 is 23.1 Å². The first-order chi connectivity index (χ1) is 11.6. The normalized spacial score (nSPS) is 11.0. The van der Waals surface area contributed by atoms with E-state index in [2.05, 4.69) is 10.1 Å². The number of aromatic amines is 1. The van der Waals surface area contributed by atoms with Gasteiger partial charge in [-0.2, -0.15) is 4.52 Å². The molecular formula is C18H13ClN4O. The van der Waals surface area contributed by atoms with Crippen molar-refractivity contribution in [2.45, 2.75) is 0 Å². The Balaban J connectivity index is 2.00. The van der Waals surface area contributed by atoms with Crippen molar-refractivity contribution in [1.82, 2.24) is 14.6 Å². The van der Waals surface area contributed by atoms with Crippen LogP contribution < -0.4 is 11.3 Å². The maximum absolute atomic E-state index is 12.4. The van der Waals surface area contributed by atoms with Crippen molar-refractivity contribution in [3.63, 3.8) is 0 Å². The van der Waals surface area contributed by atoms with Gasteiger partial charge in [-0.05, 0) is 17.7 Å². The van der Waals surface area contributed by atoms with Crippen LogP contribution in [0.4, 0.5) is 5.82 Å². The van der Waals surface area contributed by atoms with E-state index in [4.69, 9.17) is 17.3 Å². The van der Waals surface area contributed by atoms with E-state index in [1.54, 1.807) is 12.1 Å². The first-order valence-electron chi connectivity index (χ1n) is 7.36. The number of hydrogen-bond donors (Lipinski definition) is 2. The second-order valence-electron chi connectivity index (χ2n) is 5.41. The molecule has 0 saturated carbocycles. The lowest BCUT2D eigenvalue weighted by molar-refractivity contribution is 0.906. The van der Waals surface area contributed by atoms with Crippen molar-refractivity contribution in [2.75, 3.05) is 5.73 Å². The number of benzene rings is 2. The van der Waals surface area contributed by atoms with Gasteiger partial charge in [-0.3, -0.25) is 9.89 Å². The average Bonchev–Trinajstić information content (AvgIpc) is 2.93. The first kappa shape index (κ1) is 14.5. The number of halogens is 1. The van der Waals surface area contributed by atoms with Crippen LogP contribution in [-0.2, 0) is 0 Å². The number of fused-ring (bicyclic) bond motifs is 1. The number of rotatable bonds is 2. The average molecular weight is 337 g/mol. The van der Waals surface area contributed by atoms with E-state index < -0.39 is 0 Å². The summed E-state index contributed by atoms with van der Waals surface area (Å²) in [6, 6.07) is 18.3. The van der Waals surface area contributed by atoms with Crippen LogP contribution in [0.25, 0.3) is 28.0 Å². The zero-order valence-corrected chi connectivity index (χ0v) is 13.3. The van der Waals surface area contributed by atoms with E-state index in [0.717, 1.165) is 11.1 Å². The molecule has 2 heterocycles. The molecule has 0 saturated heterocycles. The molecular weight excluding hydrogens is 324 g/mol. The van der Waals surface area contributed by atoms with E-state index in [-0.39, 0.29) is 5.56 Å². The summed E-state index contributed by atoms with van der Waals surface area (Å²) in [6.07, 6.45) is 0. The second-order valence-corrected chi connectivity index (χ2v) is 5.85. The number of hydrogen-bond acceptors (Lipinski definition) is 3. The Labute approximate surface area is 142 Å². The summed E-state index contributed by atoms with van der Waals surface area (Å²) in [7, 11) is 0. The largest absolute Gasteiger partial charge is 0.384 e. The molecule has 24 heavy (non-hydrogen) atoms. The van der Waals surface area contributed by atoms with Gasteiger partial charge in [0, 0.05) is 16.7 Å². The monoisotopic (exact) mass is 336 g/mol. The first-order valence-corrected chi connectivity index (χ1v) is 7.74. The third-order valence-electron chi connectivity index (χ3n) is 3.85. The van der Waals surface area contributed by atoms with Gasteiger partial charge in [-0.25, -0.2) is 4.98 Å². The minimum atomic E-state index is -0.223. The van der Waals surface area contributed by atoms with Crippen LogP contribution >= 0.6 is 11.6 Å². The van der Waals surface area contributed by atoms with Crippen molar-refractivity contribution < 1.29 is 0 Å². The Morgan fingerprint density at radius 3 is 2.42 bits per heavy atom. The third-order valence-corrected chi connectivity index (χ3v) is 4.10. The van der Waals surface area contributed by atoms with Crippen LogP contribution in [0.1, 0.15) is 0 Å². The molecule has 2 aromatic heterocycles. The quantitative estimate of drug-likeness (QED) is 0.587. The summed E-state index contributed by atoms with van der Waals surface area (Å²) in [5.74, 6) is 0.402. The smallest absolute Gasteiger partial charge is 0.273 e. The molecule has 0 aliphatic rings. The van der Waals surface area contributed by atoms with Crippen LogP contribution in [0.2, 0.25) is 5.02 Å². The number of nitrogens with two attached hydrogens (primary N) is 1. The molecule has 3 N–H and O–H groups in total. The fourth-order valence-electron chi connectivity index (χ4n) is 2.71. The van der Waals surface area contributed by atoms with E-state index in [0.29, 0.717) is 27.7 Å². The topological polar surface area (TPSA) is 76.2 Å². The zero-order chi connectivity index (χ0) is 16.7. The van der Waals surface area contributed by atoms with Crippen molar-refractivity contribution in [3.05, 3.63) is 76.0 Å². The lowest BCUT2D eigenvalue weighted by Gasteiger charge is -2.03. The number of anilines is 1. The van der Waals surface area contributed by atoms with Crippen molar-refractivity contribution in [1.29, 1.82) is 0 Å². The van der Waals surface area contributed by atoms with Gasteiger partial charge < -0.3 is 5.73 Å². The van der Waals surface area contributed by atoms with Crippen LogP contribution in [-0.4, -0.2) is 14.6 Å². The molecule has 2 aromatic carbocycles. The van der Waals surface area contributed by atoms with E-state index in [1.165, 1.54) is 10.6 Å². The Kier molecular flexibility index (Phi) is 3.36. The highest BCUT2D eigenvalue weighted by Gasteiger charge is 2.15. The fourth-order valence-corrected chi connectivity index (χ4v) is 2.84. The SMILES string of the molecule is Nc1[nH]n2c(=O)cc(-c3ccc(Cl)cc3)nc2c1-c1ccccc1. The zero-order valence-electron chi connectivity index (χ0n) is 12.5. The second kappa shape index (κ2) is 5.54. The maximum Gasteiger partial charge on any atom is 0.273 e. The van der Waals surface area contributed by atoms with E-state index >= 15 is 0 Å². The molecule has 0 spiro atoms. The third kappa shape index (κ3) is 2.35. The molecule has 0 radical (unpaired) electrons. The van der Waals surface area contributed by atoms with Crippen molar-refractivity contribution in [2.24, 2.45) is 0 Å². The number of aromatic nitrogens is 3. The van der Waals surface area contributed by atoms with E-state index in [9.17, 15) is 4.79 Å². The standard InChI is InChI=1S/C18H13ClN4O/c19-13-8-6-11(7-9-13)14-10-15(24)23-18(21-14)16(17(20)22-23)12-4-2-1-3-5-12/h1-10,22H,20H2. The Hall–Kier alpha value is -3.05. The summed E-state index contributed by atoms with van der Waals surface area (Å²) in [5, 5.41) is 3.51.